The molecule has 0 radical (unpaired) electrons. The van der Waals surface area contributed by atoms with Gasteiger partial charge >= 0.3 is 0 Å². The van der Waals surface area contributed by atoms with E-state index in [1.807, 2.05) is 27.7 Å². The fourth-order valence-electron chi connectivity index (χ4n) is 1.74. The molecule has 100 valence electrons. The molecule has 0 aliphatic carbocycles. The number of fused-ring (bicyclic) bond motifs is 1. The Morgan fingerprint density at radius 2 is 1.95 bits per heavy atom. The highest BCUT2D eigenvalue weighted by molar-refractivity contribution is 6.02. The lowest BCUT2D eigenvalue weighted by molar-refractivity contribution is -0.123. The molecule has 0 bridgehead atoms. The molecule has 0 aliphatic heterocycles. The van der Waals surface area contributed by atoms with Crippen molar-refractivity contribution in [3.63, 3.8) is 0 Å². The van der Waals surface area contributed by atoms with Gasteiger partial charge in [0.2, 0.25) is 5.91 Å². The topological polar surface area (TPSA) is 42.0 Å². The van der Waals surface area contributed by atoms with Gasteiger partial charge in [-0.2, -0.15) is 0 Å². The van der Waals surface area contributed by atoms with E-state index < -0.39 is 5.41 Å². The number of pyridine rings is 1. The number of rotatable bonds is 1. The van der Waals surface area contributed by atoms with Gasteiger partial charge in [0.05, 0.1) is 11.2 Å². The van der Waals surface area contributed by atoms with E-state index in [1.54, 1.807) is 12.1 Å². The number of nitrogens with one attached hydrogen (secondary N) is 1. The molecule has 0 fully saturated rings. The van der Waals surface area contributed by atoms with Crippen LogP contribution in [0.3, 0.4) is 0 Å². The van der Waals surface area contributed by atoms with E-state index in [1.165, 1.54) is 12.1 Å². The summed E-state index contributed by atoms with van der Waals surface area (Å²) in [5.41, 5.74) is 1.55. The first-order valence-corrected chi connectivity index (χ1v) is 6.16. The number of aromatic nitrogens is 1. The summed E-state index contributed by atoms with van der Waals surface area (Å²) in [6.45, 7) is 7.34. The van der Waals surface area contributed by atoms with Crippen LogP contribution >= 0.6 is 0 Å². The number of hydrogen-bond donors (Lipinski definition) is 1. The second kappa shape index (κ2) is 4.61. The van der Waals surface area contributed by atoms with Gasteiger partial charge in [0.1, 0.15) is 5.82 Å². The van der Waals surface area contributed by atoms with Crippen LogP contribution < -0.4 is 5.32 Å². The van der Waals surface area contributed by atoms with Crippen molar-refractivity contribution in [1.29, 1.82) is 0 Å². The van der Waals surface area contributed by atoms with Crippen molar-refractivity contribution >= 4 is 22.5 Å². The van der Waals surface area contributed by atoms with E-state index in [9.17, 15) is 9.18 Å². The highest BCUT2D eigenvalue weighted by atomic mass is 19.1. The van der Waals surface area contributed by atoms with Crippen LogP contribution in [0.4, 0.5) is 10.1 Å². The molecule has 3 nitrogen and oxygen atoms in total. The molecule has 2 aromatic rings. The largest absolute Gasteiger partial charge is 0.325 e. The Balaban J connectivity index is 2.53. The molecule has 1 amide bonds. The minimum atomic E-state index is -0.503. The van der Waals surface area contributed by atoms with Crippen molar-refractivity contribution in [2.45, 2.75) is 27.7 Å². The Morgan fingerprint density at radius 3 is 2.58 bits per heavy atom. The fraction of sp³-hybridized carbons (Fsp3) is 0.333. The number of benzene rings is 1. The summed E-state index contributed by atoms with van der Waals surface area (Å²) < 4.78 is 13.3. The van der Waals surface area contributed by atoms with Gasteiger partial charge in [-0.15, -0.1) is 0 Å². The number of hydrogen-bond acceptors (Lipinski definition) is 2. The highest BCUT2D eigenvalue weighted by Crippen LogP contribution is 2.26. The van der Waals surface area contributed by atoms with Crippen LogP contribution in [0.15, 0.2) is 24.3 Å². The van der Waals surface area contributed by atoms with E-state index in [-0.39, 0.29) is 11.7 Å². The zero-order chi connectivity index (χ0) is 14.2. The minimum Gasteiger partial charge on any atom is -0.325 e. The molecule has 2 rings (SSSR count). The van der Waals surface area contributed by atoms with Gasteiger partial charge in [-0.05, 0) is 31.2 Å². The van der Waals surface area contributed by atoms with E-state index in [4.69, 9.17) is 0 Å². The van der Waals surface area contributed by atoms with Crippen molar-refractivity contribution in [3.05, 3.63) is 35.8 Å². The lowest BCUT2D eigenvalue weighted by Crippen LogP contribution is -2.27. The number of halogens is 1. The Morgan fingerprint density at radius 1 is 1.26 bits per heavy atom. The van der Waals surface area contributed by atoms with Crippen molar-refractivity contribution in [1.82, 2.24) is 4.98 Å². The minimum absolute atomic E-state index is 0.108. The molecule has 19 heavy (non-hydrogen) atoms. The third kappa shape index (κ3) is 2.89. The van der Waals surface area contributed by atoms with Gasteiger partial charge in [0, 0.05) is 16.5 Å². The maximum absolute atomic E-state index is 13.3. The second-order valence-corrected chi connectivity index (χ2v) is 5.68. The normalized spacial score (nSPS) is 11.6. The van der Waals surface area contributed by atoms with Crippen LogP contribution in [0.2, 0.25) is 0 Å². The Hall–Kier alpha value is -1.97. The maximum Gasteiger partial charge on any atom is 0.229 e. The van der Waals surface area contributed by atoms with Crippen LogP contribution in [0, 0.1) is 18.2 Å². The molecular weight excluding hydrogens is 243 g/mol. The first-order chi connectivity index (χ1) is 8.77. The average molecular weight is 260 g/mol. The third-order valence-electron chi connectivity index (χ3n) is 2.83. The van der Waals surface area contributed by atoms with Crippen molar-refractivity contribution in [2.75, 3.05) is 5.32 Å². The Bertz CT molecular complexity index is 644. The highest BCUT2D eigenvalue weighted by Gasteiger charge is 2.22. The first kappa shape index (κ1) is 13.5. The summed E-state index contributed by atoms with van der Waals surface area (Å²) in [7, 11) is 0. The zero-order valence-electron chi connectivity index (χ0n) is 11.5. The van der Waals surface area contributed by atoms with E-state index in [0.717, 1.165) is 5.69 Å². The molecule has 1 heterocycles. The number of carbonyl (C=O) groups is 1. The third-order valence-corrected chi connectivity index (χ3v) is 2.83. The molecular formula is C15H17FN2O. The number of amides is 1. The molecule has 0 atom stereocenters. The molecule has 1 N–H and O–H groups in total. The van der Waals surface area contributed by atoms with Gasteiger partial charge in [0.25, 0.3) is 0 Å². The van der Waals surface area contributed by atoms with E-state index in [0.29, 0.717) is 16.6 Å². The quantitative estimate of drug-likeness (QED) is 0.850. The maximum atomic E-state index is 13.3. The Kier molecular flexibility index (Phi) is 3.27. The van der Waals surface area contributed by atoms with E-state index in [2.05, 4.69) is 10.3 Å². The smallest absolute Gasteiger partial charge is 0.229 e. The van der Waals surface area contributed by atoms with Gasteiger partial charge in [0.15, 0.2) is 0 Å². The summed E-state index contributed by atoms with van der Waals surface area (Å²) in [6, 6.07) is 6.13. The second-order valence-electron chi connectivity index (χ2n) is 5.68. The average Bonchev–Trinajstić information content (AvgIpc) is 2.28. The van der Waals surface area contributed by atoms with Crippen LogP contribution in [0.5, 0.6) is 0 Å². The van der Waals surface area contributed by atoms with Crippen LogP contribution in [-0.2, 0) is 4.79 Å². The number of nitrogens with zero attached hydrogens (tertiary/aromatic N) is 1. The molecule has 0 aliphatic rings. The summed E-state index contributed by atoms with van der Waals surface area (Å²) in [6.07, 6.45) is 0. The number of aryl methyl sites for hydroxylation is 1. The summed E-state index contributed by atoms with van der Waals surface area (Å²) in [5, 5.41) is 3.46. The summed E-state index contributed by atoms with van der Waals surface area (Å²) in [4.78, 5) is 16.4. The van der Waals surface area contributed by atoms with Crippen molar-refractivity contribution in [2.24, 2.45) is 5.41 Å². The summed E-state index contributed by atoms with van der Waals surface area (Å²) in [5.74, 6) is -0.451. The van der Waals surface area contributed by atoms with Crippen LogP contribution in [-0.4, -0.2) is 10.9 Å². The fourth-order valence-corrected chi connectivity index (χ4v) is 1.74. The molecule has 0 spiro atoms. The van der Waals surface area contributed by atoms with Gasteiger partial charge in [-0.1, -0.05) is 20.8 Å². The van der Waals surface area contributed by atoms with Gasteiger partial charge < -0.3 is 5.32 Å². The van der Waals surface area contributed by atoms with Crippen LogP contribution in [0.25, 0.3) is 10.9 Å². The molecule has 0 unspecified atom stereocenters. The monoisotopic (exact) mass is 260 g/mol. The van der Waals surface area contributed by atoms with Crippen molar-refractivity contribution < 1.29 is 9.18 Å². The molecule has 0 saturated heterocycles. The van der Waals surface area contributed by atoms with Gasteiger partial charge in [-0.25, -0.2) is 4.39 Å². The zero-order valence-corrected chi connectivity index (χ0v) is 11.5. The standard InChI is InChI=1S/C15H17FN2O/c1-9-7-13(18-14(19)15(2,3)4)11-8-10(16)5-6-12(11)17-9/h5-8H,1-4H3,(H,17,18,19). The Labute approximate surface area is 111 Å². The predicted octanol–water partition coefficient (Wildman–Crippen LogP) is 3.67. The SMILES string of the molecule is Cc1cc(NC(=O)C(C)(C)C)c2cc(F)ccc2n1. The molecule has 0 saturated carbocycles. The first-order valence-electron chi connectivity index (χ1n) is 6.16. The lowest BCUT2D eigenvalue weighted by Gasteiger charge is -2.18. The summed E-state index contributed by atoms with van der Waals surface area (Å²) >= 11 is 0. The van der Waals surface area contributed by atoms with Gasteiger partial charge in [-0.3, -0.25) is 9.78 Å². The van der Waals surface area contributed by atoms with E-state index >= 15 is 0 Å². The molecule has 1 aromatic carbocycles. The number of carbonyl (C=O) groups excluding carboxylic acids is 1. The predicted molar refractivity (Wildman–Crippen MR) is 74.5 cm³/mol. The molecule has 1 aromatic heterocycles. The van der Waals surface area contributed by atoms with Crippen LogP contribution in [0.1, 0.15) is 26.5 Å². The molecule has 4 heteroatoms. The number of anilines is 1. The lowest BCUT2D eigenvalue weighted by atomic mass is 9.95. The van der Waals surface area contributed by atoms with Crippen molar-refractivity contribution in [3.8, 4) is 0 Å².